The van der Waals surface area contributed by atoms with E-state index in [2.05, 4.69) is 15.1 Å². The molecule has 1 aliphatic heterocycles. The number of aryl methyl sites for hydroxylation is 1. The Bertz CT molecular complexity index is 1470. The van der Waals surface area contributed by atoms with Gasteiger partial charge in [-0.05, 0) is 43.3 Å². The van der Waals surface area contributed by atoms with Crippen molar-refractivity contribution in [1.29, 1.82) is 0 Å². The molecular formula is C23H17ClN4O3. The van der Waals surface area contributed by atoms with E-state index in [1.54, 1.807) is 24.5 Å². The van der Waals surface area contributed by atoms with Crippen molar-refractivity contribution in [3.05, 3.63) is 70.2 Å². The van der Waals surface area contributed by atoms with Crippen LogP contribution in [-0.2, 0) is 13.0 Å². The SMILES string of the molecule is Cc1noc2nc(-c3ccco3)cc(C(=O)N3CCc4[nH]c5ccc(Cl)cc5c4C3)c12. The predicted molar refractivity (Wildman–Crippen MR) is 116 cm³/mol. The molecule has 8 heteroatoms. The summed E-state index contributed by atoms with van der Waals surface area (Å²) in [6, 6.07) is 11.1. The number of pyridine rings is 1. The zero-order valence-corrected chi connectivity index (χ0v) is 17.4. The number of nitrogens with one attached hydrogen (secondary N) is 1. The molecule has 0 atom stereocenters. The van der Waals surface area contributed by atoms with Gasteiger partial charge in [-0.1, -0.05) is 16.8 Å². The topological polar surface area (TPSA) is 88.2 Å². The summed E-state index contributed by atoms with van der Waals surface area (Å²) in [6.07, 6.45) is 2.32. The molecule has 0 saturated carbocycles. The lowest BCUT2D eigenvalue weighted by atomic mass is 10.0. The molecule has 1 amide bonds. The van der Waals surface area contributed by atoms with E-state index in [1.807, 2.05) is 30.0 Å². The van der Waals surface area contributed by atoms with Crippen LogP contribution in [0.25, 0.3) is 33.5 Å². The molecule has 6 rings (SSSR count). The molecule has 5 aromatic rings. The maximum Gasteiger partial charge on any atom is 0.259 e. The van der Waals surface area contributed by atoms with Crippen molar-refractivity contribution in [2.75, 3.05) is 6.54 Å². The molecule has 0 bridgehead atoms. The fourth-order valence-corrected chi connectivity index (χ4v) is 4.52. The number of benzene rings is 1. The molecule has 0 saturated heterocycles. The van der Waals surface area contributed by atoms with E-state index in [-0.39, 0.29) is 5.91 Å². The zero-order valence-electron chi connectivity index (χ0n) is 16.6. The molecule has 4 aromatic heterocycles. The predicted octanol–water partition coefficient (Wildman–Crippen LogP) is 5.12. The normalized spacial score (nSPS) is 13.8. The van der Waals surface area contributed by atoms with Crippen LogP contribution in [0.2, 0.25) is 5.02 Å². The Balaban J connectivity index is 1.44. The first-order valence-corrected chi connectivity index (χ1v) is 10.4. The summed E-state index contributed by atoms with van der Waals surface area (Å²) in [6.45, 7) is 2.92. The van der Waals surface area contributed by atoms with Crippen molar-refractivity contribution in [3.63, 3.8) is 0 Å². The summed E-state index contributed by atoms with van der Waals surface area (Å²) in [4.78, 5) is 23.5. The first kappa shape index (κ1) is 18.2. The Morgan fingerprint density at radius 3 is 3.00 bits per heavy atom. The van der Waals surface area contributed by atoms with Gasteiger partial charge in [-0.2, -0.15) is 0 Å². The van der Waals surface area contributed by atoms with Crippen molar-refractivity contribution in [2.45, 2.75) is 19.9 Å². The molecule has 1 aliphatic rings. The monoisotopic (exact) mass is 432 g/mol. The number of fused-ring (bicyclic) bond motifs is 4. The van der Waals surface area contributed by atoms with Crippen LogP contribution in [0.5, 0.6) is 0 Å². The van der Waals surface area contributed by atoms with Crippen molar-refractivity contribution < 1.29 is 13.7 Å². The van der Waals surface area contributed by atoms with Crippen LogP contribution < -0.4 is 0 Å². The van der Waals surface area contributed by atoms with Crippen LogP contribution in [0.1, 0.15) is 27.3 Å². The van der Waals surface area contributed by atoms with Gasteiger partial charge in [0.15, 0.2) is 5.76 Å². The van der Waals surface area contributed by atoms with Crippen LogP contribution in [0, 0.1) is 6.92 Å². The number of hydrogen-bond acceptors (Lipinski definition) is 5. The zero-order chi connectivity index (χ0) is 21.1. The van der Waals surface area contributed by atoms with E-state index < -0.39 is 0 Å². The second kappa shape index (κ2) is 6.72. The number of furan rings is 1. The number of amides is 1. The number of carbonyl (C=O) groups excluding carboxylic acids is 1. The molecule has 1 aromatic carbocycles. The summed E-state index contributed by atoms with van der Waals surface area (Å²) in [5, 5.41) is 6.39. The minimum Gasteiger partial charge on any atom is -0.463 e. The summed E-state index contributed by atoms with van der Waals surface area (Å²) in [5.41, 5.74) is 5.30. The number of nitrogens with zero attached hydrogens (tertiary/aromatic N) is 3. The summed E-state index contributed by atoms with van der Waals surface area (Å²) in [7, 11) is 0. The fraction of sp³-hybridized carbons (Fsp3) is 0.174. The maximum atomic E-state index is 13.7. The van der Waals surface area contributed by atoms with Crippen molar-refractivity contribution in [1.82, 2.24) is 20.0 Å². The Kier molecular flexibility index (Phi) is 3.94. The highest BCUT2D eigenvalue weighted by molar-refractivity contribution is 6.31. The molecule has 0 spiro atoms. The molecule has 7 nitrogen and oxygen atoms in total. The van der Waals surface area contributed by atoms with Gasteiger partial charge in [0.2, 0.25) is 0 Å². The van der Waals surface area contributed by atoms with E-state index in [1.165, 1.54) is 0 Å². The molecule has 31 heavy (non-hydrogen) atoms. The Morgan fingerprint density at radius 1 is 1.26 bits per heavy atom. The van der Waals surface area contributed by atoms with Crippen LogP contribution in [0.4, 0.5) is 0 Å². The maximum absolute atomic E-state index is 13.7. The number of aromatic nitrogens is 3. The van der Waals surface area contributed by atoms with E-state index in [9.17, 15) is 4.79 Å². The molecule has 1 N–H and O–H groups in total. The minimum atomic E-state index is -0.0893. The Morgan fingerprint density at radius 2 is 2.16 bits per heavy atom. The van der Waals surface area contributed by atoms with E-state index in [4.69, 9.17) is 20.5 Å². The van der Waals surface area contributed by atoms with E-state index in [0.29, 0.717) is 51.9 Å². The second-order valence-electron chi connectivity index (χ2n) is 7.73. The Hall–Kier alpha value is -3.58. The average Bonchev–Trinajstić information content (AvgIpc) is 3.51. The van der Waals surface area contributed by atoms with Crippen LogP contribution in [0.3, 0.4) is 0 Å². The third-order valence-corrected chi connectivity index (χ3v) is 6.08. The van der Waals surface area contributed by atoms with Crippen molar-refractivity contribution in [3.8, 4) is 11.5 Å². The van der Waals surface area contributed by atoms with Crippen molar-refractivity contribution in [2.24, 2.45) is 0 Å². The number of rotatable bonds is 2. The fourth-order valence-electron chi connectivity index (χ4n) is 4.34. The number of aromatic amines is 1. The molecule has 0 unspecified atom stereocenters. The highest BCUT2D eigenvalue weighted by Gasteiger charge is 2.28. The van der Waals surface area contributed by atoms with Gasteiger partial charge >= 0.3 is 0 Å². The van der Waals surface area contributed by atoms with Crippen LogP contribution in [0.15, 0.2) is 51.6 Å². The van der Waals surface area contributed by atoms with Crippen LogP contribution >= 0.6 is 11.6 Å². The smallest absolute Gasteiger partial charge is 0.259 e. The van der Waals surface area contributed by atoms with Gasteiger partial charge in [0.1, 0.15) is 5.69 Å². The largest absolute Gasteiger partial charge is 0.463 e. The standard InChI is InChI=1S/C23H17ClN4O3/c1-12-21-15(10-19(20-3-2-8-30-20)26-22(21)31-27-12)23(29)28-7-6-18-16(11-28)14-9-13(24)4-5-17(14)25-18/h2-5,8-10,25H,6-7,11H2,1H3. The first-order valence-electron chi connectivity index (χ1n) is 9.97. The Labute approximate surface area is 181 Å². The molecule has 5 heterocycles. The van der Waals surface area contributed by atoms with E-state index in [0.717, 1.165) is 28.6 Å². The highest BCUT2D eigenvalue weighted by atomic mass is 35.5. The average molecular weight is 433 g/mol. The lowest BCUT2D eigenvalue weighted by Crippen LogP contribution is -2.36. The van der Waals surface area contributed by atoms with Gasteiger partial charge in [0.05, 0.1) is 22.9 Å². The summed E-state index contributed by atoms with van der Waals surface area (Å²) >= 11 is 6.22. The quantitative estimate of drug-likeness (QED) is 0.418. The van der Waals surface area contributed by atoms with Gasteiger partial charge in [0.25, 0.3) is 11.6 Å². The highest BCUT2D eigenvalue weighted by Crippen LogP contribution is 2.32. The lowest BCUT2D eigenvalue weighted by Gasteiger charge is -2.27. The molecule has 154 valence electrons. The molecule has 0 radical (unpaired) electrons. The van der Waals surface area contributed by atoms with Crippen LogP contribution in [-0.4, -0.2) is 32.5 Å². The minimum absolute atomic E-state index is 0.0893. The summed E-state index contributed by atoms with van der Waals surface area (Å²) < 4.78 is 10.9. The second-order valence-corrected chi connectivity index (χ2v) is 8.17. The number of hydrogen-bond donors (Lipinski definition) is 1. The lowest BCUT2D eigenvalue weighted by molar-refractivity contribution is 0.0737. The summed E-state index contributed by atoms with van der Waals surface area (Å²) in [5.74, 6) is 0.478. The molecule has 0 fully saturated rings. The third kappa shape index (κ3) is 2.84. The van der Waals surface area contributed by atoms with E-state index >= 15 is 0 Å². The number of H-pyrrole nitrogens is 1. The van der Waals surface area contributed by atoms with Gasteiger partial charge < -0.3 is 18.8 Å². The van der Waals surface area contributed by atoms with Gasteiger partial charge in [-0.3, -0.25) is 4.79 Å². The third-order valence-electron chi connectivity index (χ3n) is 5.85. The van der Waals surface area contributed by atoms with Crippen molar-refractivity contribution >= 4 is 39.5 Å². The van der Waals surface area contributed by atoms with Gasteiger partial charge in [0, 0.05) is 46.7 Å². The number of carbonyl (C=O) groups is 1. The van der Waals surface area contributed by atoms with Gasteiger partial charge in [-0.25, -0.2) is 4.98 Å². The molecular weight excluding hydrogens is 416 g/mol. The molecule has 0 aliphatic carbocycles. The van der Waals surface area contributed by atoms with Gasteiger partial charge in [-0.15, -0.1) is 0 Å². The first-order chi connectivity index (χ1) is 15.1. The number of halogens is 1.